The molecule has 0 fully saturated rings. The van der Waals surface area contributed by atoms with Gasteiger partial charge in [-0.05, 0) is 13.8 Å². The summed E-state index contributed by atoms with van der Waals surface area (Å²) in [6.45, 7) is 5.40. The topological polar surface area (TPSA) is 47.0 Å². The lowest BCUT2D eigenvalue weighted by Crippen LogP contribution is -2.08. The Kier molecular flexibility index (Phi) is 5.07. The summed E-state index contributed by atoms with van der Waals surface area (Å²) in [4.78, 5) is 9.24. The van der Waals surface area contributed by atoms with Crippen molar-refractivity contribution in [3.63, 3.8) is 0 Å². The summed E-state index contributed by atoms with van der Waals surface area (Å²) in [6, 6.07) is 10.2. The van der Waals surface area contributed by atoms with E-state index in [1.54, 1.807) is 0 Å². The highest BCUT2D eigenvalue weighted by molar-refractivity contribution is 5.67. The van der Waals surface area contributed by atoms with Crippen LogP contribution in [0.15, 0.2) is 30.3 Å². The van der Waals surface area contributed by atoms with Crippen LogP contribution in [0.1, 0.15) is 18.3 Å². The molecule has 0 aliphatic rings. The second kappa shape index (κ2) is 7.01. The monoisotopic (exact) mass is 271 g/mol. The van der Waals surface area contributed by atoms with Crippen LogP contribution in [0.4, 0.5) is 5.82 Å². The van der Waals surface area contributed by atoms with E-state index in [1.807, 2.05) is 39.1 Å². The van der Waals surface area contributed by atoms with E-state index in [9.17, 15) is 0 Å². The van der Waals surface area contributed by atoms with E-state index >= 15 is 0 Å². The Morgan fingerprint density at radius 1 is 1.15 bits per heavy atom. The number of ether oxygens (including phenoxy) is 1. The normalized spacial score (nSPS) is 10.6. The Morgan fingerprint density at radius 2 is 1.90 bits per heavy atom. The average Bonchev–Trinajstić information content (AvgIpc) is 2.49. The van der Waals surface area contributed by atoms with E-state index in [4.69, 9.17) is 9.72 Å². The van der Waals surface area contributed by atoms with Gasteiger partial charge in [0.15, 0.2) is 0 Å². The third-order valence-electron chi connectivity index (χ3n) is 3.15. The predicted octanol–water partition coefficient (Wildman–Crippen LogP) is 3.07. The zero-order chi connectivity index (χ0) is 14.4. The van der Waals surface area contributed by atoms with E-state index < -0.39 is 0 Å². The minimum absolute atomic E-state index is 0.650. The maximum atomic E-state index is 5.39. The lowest BCUT2D eigenvalue weighted by molar-refractivity contribution is 0.149. The molecular weight excluding hydrogens is 250 g/mol. The van der Waals surface area contributed by atoms with Crippen LogP contribution in [0.3, 0.4) is 0 Å². The van der Waals surface area contributed by atoms with Gasteiger partial charge in [0.05, 0.1) is 12.3 Å². The van der Waals surface area contributed by atoms with E-state index in [1.165, 1.54) is 0 Å². The predicted molar refractivity (Wildman–Crippen MR) is 81.9 cm³/mol. The minimum Gasteiger partial charge on any atom is -0.381 e. The molecule has 106 valence electrons. The van der Waals surface area contributed by atoms with Crippen LogP contribution in [0.2, 0.25) is 0 Å². The van der Waals surface area contributed by atoms with Crippen LogP contribution in [0.5, 0.6) is 0 Å². The maximum absolute atomic E-state index is 5.39. The molecule has 0 unspecified atom stereocenters. The minimum atomic E-state index is 0.650. The fourth-order valence-corrected chi connectivity index (χ4v) is 2.10. The first-order chi connectivity index (χ1) is 9.76. The lowest BCUT2D eigenvalue weighted by atomic mass is 10.1. The van der Waals surface area contributed by atoms with Crippen molar-refractivity contribution >= 4 is 5.82 Å². The number of nitrogens with one attached hydrogen (secondary N) is 1. The largest absolute Gasteiger partial charge is 0.381 e. The number of hydrogen-bond acceptors (Lipinski definition) is 4. The molecule has 0 saturated heterocycles. The molecule has 1 aromatic carbocycles. The number of nitrogens with zero attached hydrogens (tertiary/aromatic N) is 2. The summed E-state index contributed by atoms with van der Waals surface area (Å²) >= 11 is 0. The fourth-order valence-electron chi connectivity index (χ4n) is 2.10. The Bertz CT molecular complexity index is 555. The summed E-state index contributed by atoms with van der Waals surface area (Å²) in [5.74, 6) is 1.69. The zero-order valence-corrected chi connectivity index (χ0v) is 12.3. The van der Waals surface area contributed by atoms with E-state index in [0.29, 0.717) is 6.61 Å². The SMILES string of the molecule is CCOCCc1nc(NC)c(C)c(-c2ccccc2)n1. The van der Waals surface area contributed by atoms with Gasteiger partial charge in [0.2, 0.25) is 0 Å². The zero-order valence-electron chi connectivity index (χ0n) is 12.3. The van der Waals surface area contributed by atoms with Gasteiger partial charge in [-0.25, -0.2) is 9.97 Å². The van der Waals surface area contributed by atoms with Crippen LogP contribution >= 0.6 is 0 Å². The highest BCUT2D eigenvalue weighted by Gasteiger charge is 2.11. The highest BCUT2D eigenvalue weighted by Crippen LogP contribution is 2.25. The van der Waals surface area contributed by atoms with Gasteiger partial charge < -0.3 is 10.1 Å². The van der Waals surface area contributed by atoms with Crippen molar-refractivity contribution in [2.24, 2.45) is 0 Å². The van der Waals surface area contributed by atoms with Crippen molar-refractivity contribution < 1.29 is 4.74 Å². The lowest BCUT2D eigenvalue weighted by Gasteiger charge is -2.12. The highest BCUT2D eigenvalue weighted by atomic mass is 16.5. The summed E-state index contributed by atoms with van der Waals surface area (Å²) in [7, 11) is 1.89. The molecule has 1 aromatic heterocycles. The first-order valence-corrected chi connectivity index (χ1v) is 6.94. The molecule has 0 amide bonds. The van der Waals surface area contributed by atoms with Crippen LogP contribution in [-0.2, 0) is 11.2 Å². The number of benzene rings is 1. The summed E-state index contributed by atoms with van der Waals surface area (Å²) < 4.78 is 5.39. The molecule has 1 N–H and O–H groups in total. The standard InChI is InChI=1S/C16H21N3O/c1-4-20-11-10-14-18-15(12(2)16(17-3)19-14)13-8-6-5-7-9-13/h5-9H,4,10-11H2,1-3H3,(H,17,18,19). The Balaban J connectivity index is 2.37. The Hall–Kier alpha value is -1.94. The molecule has 0 aliphatic heterocycles. The van der Waals surface area contributed by atoms with Crippen molar-refractivity contribution in [1.29, 1.82) is 0 Å². The van der Waals surface area contributed by atoms with Gasteiger partial charge >= 0.3 is 0 Å². The third-order valence-corrected chi connectivity index (χ3v) is 3.15. The van der Waals surface area contributed by atoms with Crippen LogP contribution in [0, 0.1) is 6.92 Å². The molecule has 0 bridgehead atoms. The molecule has 1 heterocycles. The van der Waals surface area contributed by atoms with E-state index in [2.05, 4.69) is 22.4 Å². The van der Waals surface area contributed by atoms with E-state index in [0.717, 1.165) is 41.5 Å². The van der Waals surface area contributed by atoms with Crippen molar-refractivity contribution in [1.82, 2.24) is 9.97 Å². The molecule has 0 saturated carbocycles. The Morgan fingerprint density at radius 3 is 2.55 bits per heavy atom. The molecule has 0 radical (unpaired) electrons. The molecule has 20 heavy (non-hydrogen) atoms. The molecule has 4 nitrogen and oxygen atoms in total. The van der Waals surface area contributed by atoms with Gasteiger partial charge in [0.25, 0.3) is 0 Å². The number of rotatable bonds is 6. The first-order valence-electron chi connectivity index (χ1n) is 6.94. The van der Waals surface area contributed by atoms with Crippen molar-refractivity contribution in [3.8, 4) is 11.3 Å². The van der Waals surface area contributed by atoms with Crippen molar-refractivity contribution in [3.05, 3.63) is 41.7 Å². The van der Waals surface area contributed by atoms with Gasteiger partial charge in [-0.3, -0.25) is 0 Å². The van der Waals surface area contributed by atoms with Crippen molar-refractivity contribution in [2.45, 2.75) is 20.3 Å². The van der Waals surface area contributed by atoms with Gasteiger partial charge in [-0.1, -0.05) is 30.3 Å². The molecule has 2 rings (SSSR count). The molecule has 0 atom stereocenters. The molecular formula is C16H21N3O. The molecule has 0 aliphatic carbocycles. The van der Waals surface area contributed by atoms with Gasteiger partial charge in [0.1, 0.15) is 11.6 Å². The third kappa shape index (κ3) is 3.33. The Labute approximate surface area is 120 Å². The van der Waals surface area contributed by atoms with Crippen LogP contribution in [-0.4, -0.2) is 30.2 Å². The van der Waals surface area contributed by atoms with Crippen LogP contribution < -0.4 is 5.32 Å². The second-order valence-electron chi connectivity index (χ2n) is 4.52. The maximum Gasteiger partial charge on any atom is 0.133 e. The number of hydrogen-bond donors (Lipinski definition) is 1. The summed E-state index contributed by atoms with van der Waals surface area (Å²) in [5.41, 5.74) is 3.16. The molecule has 2 aromatic rings. The van der Waals surface area contributed by atoms with Crippen LogP contribution in [0.25, 0.3) is 11.3 Å². The average molecular weight is 271 g/mol. The number of aromatic nitrogens is 2. The molecule has 4 heteroatoms. The van der Waals surface area contributed by atoms with Crippen molar-refractivity contribution in [2.75, 3.05) is 25.6 Å². The van der Waals surface area contributed by atoms with Gasteiger partial charge in [-0.2, -0.15) is 0 Å². The second-order valence-corrected chi connectivity index (χ2v) is 4.52. The number of anilines is 1. The first kappa shape index (κ1) is 14.5. The smallest absolute Gasteiger partial charge is 0.133 e. The summed E-state index contributed by atoms with van der Waals surface area (Å²) in [6.07, 6.45) is 0.725. The van der Waals surface area contributed by atoms with Gasteiger partial charge in [0, 0.05) is 31.2 Å². The van der Waals surface area contributed by atoms with E-state index in [-0.39, 0.29) is 0 Å². The van der Waals surface area contributed by atoms with Gasteiger partial charge in [-0.15, -0.1) is 0 Å². The fraction of sp³-hybridized carbons (Fsp3) is 0.375. The molecule has 0 spiro atoms. The quantitative estimate of drug-likeness (QED) is 0.820. The summed E-state index contributed by atoms with van der Waals surface area (Å²) in [5, 5.41) is 3.14.